The maximum absolute atomic E-state index is 11.4. The van der Waals surface area contributed by atoms with E-state index in [1.165, 1.54) is 0 Å². The third-order valence-electron chi connectivity index (χ3n) is 1.54. The highest BCUT2D eigenvalue weighted by Crippen LogP contribution is 2.15. The van der Waals surface area contributed by atoms with Crippen molar-refractivity contribution in [3.63, 3.8) is 0 Å². The molecule has 0 atom stereocenters. The van der Waals surface area contributed by atoms with Crippen LogP contribution in [-0.2, 0) is 9.53 Å². The van der Waals surface area contributed by atoms with Crippen molar-refractivity contribution >= 4 is 12.2 Å². The summed E-state index contributed by atoms with van der Waals surface area (Å²) in [4.78, 5) is 15.4. The molecule has 0 aliphatic carbocycles. The molecule has 0 bridgehead atoms. The van der Waals surface area contributed by atoms with E-state index in [2.05, 4.69) is 4.99 Å². The fourth-order valence-corrected chi connectivity index (χ4v) is 1.00. The Labute approximate surface area is 84.6 Å². The fourth-order valence-electron chi connectivity index (χ4n) is 1.00. The van der Waals surface area contributed by atoms with Crippen LogP contribution in [0.2, 0.25) is 0 Å². The molecule has 1 heterocycles. The molecular formula is C10H18N2O2. The van der Waals surface area contributed by atoms with E-state index in [9.17, 15) is 4.79 Å². The quantitative estimate of drug-likeness (QED) is 0.656. The number of nitrogens with zero attached hydrogens (tertiary/aromatic N) is 1. The summed E-state index contributed by atoms with van der Waals surface area (Å²) in [5.74, 6) is -0.246. The number of carbonyl (C=O) groups is 1. The molecule has 0 fully saturated rings. The van der Waals surface area contributed by atoms with Crippen LogP contribution < -0.4 is 6.15 Å². The minimum Gasteiger partial charge on any atom is -0.457 e. The second-order valence-corrected chi connectivity index (χ2v) is 4.03. The van der Waals surface area contributed by atoms with Gasteiger partial charge < -0.3 is 10.9 Å². The van der Waals surface area contributed by atoms with Crippen LogP contribution in [0.4, 0.5) is 0 Å². The topological polar surface area (TPSA) is 73.7 Å². The van der Waals surface area contributed by atoms with Crippen molar-refractivity contribution in [1.82, 2.24) is 6.15 Å². The van der Waals surface area contributed by atoms with Crippen LogP contribution in [0.25, 0.3) is 0 Å². The minimum atomic E-state index is -0.418. The van der Waals surface area contributed by atoms with Gasteiger partial charge in [0, 0.05) is 12.4 Å². The van der Waals surface area contributed by atoms with Crippen LogP contribution in [0.3, 0.4) is 0 Å². The van der Waals surface area contributed by atoms with Crippen LogP contribution >= 0.6 is 0 Å². The predicted octanol–water partition coefficient (Wildman–Crippen LogP) is 2.24. The maximum atomic E-state index is 11.4. The van der Waals surface area contributed by atoms with Crippen molar-refractivity contribution in [2.45, 2.75) is 39.2 Å². The van der Waals surface area contributed by atoms with Gasteiger partial charge in [0.1, 0.15) is 5.60 Å². The minimum absolute atomic E-state index is 0. The summed E-state index contributed by atoms with van der Waals surface area (Å²) in [7, 11) is 0. The van der Waals surface area contributed by atoms with Crippen molar-refractivity contribution in [2.24, 2.45) is 4.99 Å². The Bertz CT molecular complexity index is 262. The Balaban J connectivity index is 0.00000169. The molecule has 0 unspecified atom stereocenters. The van der Waals surface area contributed by atoms with Crippen LogP contribution in [0.1, 0.15) is 33.6 Å². The molecule has 0 aromatic carbocycles. The van der Waals surface area contributed by atoms with Crippen LogP contribution in [-0.4, -0.2) is 17.8 Å². The molecule has 0 aromatic heterocycles. The number of hydrogen-bond donors (Lipinski definition) is 1. The molecule has 4 nitrogen and oxygen atoms in total. The van der Waals surface area contributed by atoms with Gasteiger partial charge in [-0.05, 0) is 33.6 Å². The average molecular weight is 198 g/mol. The molecule has 80 valence electrons. The first-order valence-corrected chi connectivity index (χ1v) is 4.43. The van der Waals surface area contributed by atoms with Gasteiger partial charge in [-0.3, -0.25) is 4.99 Å². The van der Waals surface area contributed by atoms with Crippen LogP contribution in [0, 0.1) is 0 Å². The lowest BCUT2D eigenvalue weighted by molar-refractivity contribution is -0.150. The predicted molar refractivity (Wildman–Crippen MR) is 56.7 cm³/mol. The molecule has 4 heteroatoms. The van der Waals surface area contributed by atoms with Gasteiger partial charge in [0.2, 0.25) is 0 Å². The Hall–Kier alpha value is -1.16. The van der Waals surface area contributed by atoms with Gasteiger partial charge in [-0.1, -0.05) is 0 Å². The second kappa shape index (κ2) is 4.91. The van der Waals surface area contributed by atoms with Gasteiger partial charge in [0.25, 0.3) is 0 Å². The molecule has 0 saturated heterocycles. The smallest absolute Gasteiger partial charge is 0.336 e. The number of aliphatic imine (C=N–C) groups is 1. The largest absolute Gasteiger partial charge is 0.457 e. The highest BCUT2D eigenvalue weighted by atomic mass is 16.6. The lowest BCUT2D eigenvalue weighted by Crippen LogP contribution is -2.25. The van der Waals surface area contributed by atoms with E-state index in [0.29, 0.717) is 5.57 Å². The molecule has 3 N–H and O–H groups in total. The van der Waals surface area contributed by atoms with Gasteiger partial charge in [0.15, 0.2) is 0 Å². The molecule has 0 saturated carbocycles. The molecule has 1 rings (SSSR count). The molecule has 1 aliphatic rings. The SMILES string of the molecule is CC(C)(C)OC(=O)C1=CN=CCC1.N. The van der Waals surface area contributed by atoms with E-state index >= 15 is 0 Å². The summed E-state index contributed by atoms with van der Waals surface area (Å²) in [6.45, 7) is 5.58. The Morgan fingerprint density at radius 1 is 1.50 bits per heavy atom. The molecule has 0 aromatic rings. The van der Waals surface area contributed by atoms with Crippen molar-refractivity contribution in [2.75, 3.05) is 0 Å². The number of carbonyl (C=O) groups excluding carboxylic acids is 1. The Morgan fingerprint density at radius 2 is 2.14 bits per heavy atom. The monoisotopic (exact) mass is 198 g/mol. The van der Waals surface area contributed by atoms with Gasteiger partial charge in [-0.2, -0.15) is 0 Å². The summed E-state index contributed by atoms with van der Waals surface area (Å²) >= 11 is 0. The van der Waals surface area contributed by atoms with E-state index < -0.39 is 5.60 Å². The van der Waals surface area contributed by atoms with Crippen LogP contribution in [0.15, 0.2) is 16.8 Å². The number of rotatable bonds is 1. The molecule has 0 radical (unpaired) electrons. The van der Waals surface area contributed by atoms with E-state index in [-0.39, 0.29) is 12.1 Å². The van der Waals surface area contributed by atoms with Crippen LogP contribution in [0.5, 0.6) is 0 Å². The van der Waals surface area contributed by atoms with Gasteiger partial charge >= 0.3 is 5.97 Å². The lowest BCUT2D eigenvalue weighted by Gasteiger charge is -2.20. The van der Waals surface area contributed by atoms with E-state index in [1.807, 2.05) is 20.8 Å². The number of ether oxygens (including phenoxy) is 1. The average Bonchev–Trinajstić information content (AvgIpc) is 2.03. The molecule has 14 heavy (non-hydrogen) atoms. The third-order valence-corrected chi connectivity index (χ3v) is 1.54. The van der Waals surface area contributed by atoms with E-state index in [0.717, 1.165) is 12.8 Å². The highest BCUT2D eigenvalue weighted by molar-refractivity contribution is 5.90. The molecule has 0 spiro atoms. The van der Waals surface area contributed by atoms with Crippen molar-refractivity contribution in [3.8, 4) is 0 Å². The van der Waals surface area contributed by atoms with Gasteiger partial charge in [0.05, 0.1) is 5.57 Å². The summed E-state index contributed by atoms with van der Waals surface area (Å²) < 4.78 is 5.20. The zero-order valence-corrected chi connectivity index (χ0v) is 9.04. The standard InChI is InChI=1S/C10H15NO2.H3N/c1-10(2,3)13-9(12)8-5-4-6-11-7-8;/h6-7H,4-5H2,1-3H3;1H3. The van der Waals surface area contributed by atoms with Gasteiger partial charge in [-0.15, -0.1) is 0 Å². The summed E-state index contributed by atoms with van der Waals surface area (Å²) in [5, 5.41) is 0. The van der Waals surface area contributed by atoms with E-state index in [1.54, 1.807) is 12.4 Å². The first-order valence-electron chi connectivity index (χ1n) is 4.43. The maximum Gasteiger partial charge on any atom is 0.336 e. The fraction of sp³-hybridized carbons (Fsp3) is 0.600. The zero-order chi connectivity index (χ0) is 9.90. The summed E-state index contributed by atoms with van der Waals surface area (Å²) in [5.41, 5.74) is 0.247. The highest BCUT2D eigenvalue weighted by Gasteiger charge is 2.19. The second-order valence-electron chi connectivity index (χ2n) is 4.03. The summed E-state index contributed by atoms with van der Waals surface area (Å²) in [6.07, 6.45) is 4.94. The van der Waals surface area contributed by atoms with Crippen molar-refractivity contribution < 1.29 is 9.53 Å². The molecular weight excluding hydrogens is 180 g/mol. The van der Waals surface area contributed by atoms with Gasteiger partial charge in [-0.25, -0.2) is 4.79 Å². The Morgan fingerprint density at radius 3 is 2.57 bits per heavy atom. The molecule has 1 aliphatic heterocycles. The first-order chi connectivity index (χ1) is 5.99. The zero-order valence-electron chi connectivity index (χ0n) is 9.04. The van der Waals surface area contributed by atoms with Crippen molar-refractivity contribution in [1.29, 1.82) is 0 Å². The van der Waals surface area contributed by atoms with Crippen molar-refractivity contribution in [3.05, 3.63) is 11.8 Å². The van der Waals surface area contributed by atoms with E-state index in [4.69, 9.17) is 4.74 Å². The first kappa shape index (κ1) is 12.8. The third kappa shape index (κ3) is 4.18. The molecule has 0 amide bonds. The normalized spacial score (nSPS) is 15.5. The Kier molecular flexibility index (Phi) is 4.50. The lowest BCUT2D eigenvalue weighted by atomic mass is 10.1. The number of esters is 1. The summed E-state index contributed by atoms with van der Waals surface area (Å²) in [6, 6.07) is 0. The number of hydrogen-bond acceptors (Lipinski definition) is 4.